The Morgan fingerprint density at radius 1 is 1.31 bits per heavy atom. The Hall–Kier alpha value is -1.30. The first-order valence-electron chi connectivity index (χ1n) is 4.48. The number of thiazole rings is 1. The predicted octanol–water partition coefficient (Wildman–Crippen LogP) is 3.34. The predicted molar refractivity (Wildman–Crippen MR) is 59.7 cm³/mol. The summed E-state index contributed by atoms with van der Waals surface area (Å²) in [6.45, 7) is 7.97. The van der Waals surface area contributed by atoms with E-state index in [0.29, 0.717) is 18.2 Å². The van der Waals surface area contributed by atoms with Gasteiger partial charge in [-0.25, -0.2) is 4.98 Å². The Kier molecular flexibility index (Phi) is 4.12. The van der Waals surface area contributed by atoms with Crippen LogP contribution in [0.2, 0.25) is 0 Å². The van der Waals surface area contributed by atoms with Crippen LogP contribution in [0.3, 0.4) is 0 Å². The Balaban J connectivity index is 2.89. The van der Waals surface area contributed by atoms with Gasteiger partial charge in [-0.15, -0.1) is 24.5 Å². The van der Waals surface area contributed by atoms with Crippen molar-refractivity contribution in [1.82, 2.24) is 4.98 Å². The normalized spacial score (nSPS) is 11.2. The van der Waals surface area contributed by atoms with Crippen molar-refractivity contribution < 1.29 is 13.2 Å². The van der Waals surface area contributed by atoms with E-state index in [4.69, 9.17) is 0 Å². The second kappa shape index (κ2) is 5.16. The van der Waals surface area contributed by atoms with Crippen LogP contribution in [0.5, 0.6) is 0 Å². The minimum absolute atomic E-state index is 0.326. The Labute approximate surface area is 95.7 Å². The fraction of sp³-hybridized carbons (Fsp3) is 0.300. The molecule has 1 heterocycles. The zero-order valence-electron chi connectivity index (χ0n) is 8.50. The quantitative estimate of drug-likeness (QED) is 0.743. The Morgan fingerprint density at radius 3 is 2.25 bits per heavy atom. The highest BCUT2D eigenvalue weighted by molar-refractivity contribution is 7.13. The molecule has 0 bridgehead atoms. The van der Waals surface area contributed by atoms with Crippen molar-refractivity contribution in [2.75, 3.05) is 18.0 Å². The van der Waals surface area contributed by atoms with Gasteiger partial charge in [-0.05, 0) is 0 Å². The smallest absolute Gasteiger partial charge is 0.341 e. The van der Waals surface area contributed by atoms with Crippen molar-refractivity contribution in [3.05, 3.63) is 36.4 Å². The van der Waals surface area contributed by atoms with Gasteiger partial charge in [-0.2, -0.15) is 13.2 Å². The highest BCUT2D eigenvalue weighted by atomic mass is 32.1. The van der Waals surface area contributed by atoms with Gasteiger partial charge >= 0.3 is 6.18 Å². The van der Waals surface area contributed by atoms with E-state index in [9.17, 15) is 13.2 Å². The van der Waals surface area contributed by atoms with E-state index in [2.05, 4.69) is 18.1 Å². The molecule has 0 aliphatic rings. The molecule has 0 aliphatic heterocycles. The Morgan fingerprint density at radius 2 is 1.88 bits per heavy atom. The standard InChI is InChI=1S/C10H11F3N2S/c1-3-5-15(6-4-2)9-14-8(7-16-9)10(11,12)13/h3-4,7H,1-2,5-6H2. The molecule has 0 aromatic carbocycles. The van der Waals surface area contributed by atoms with E-state index in [1.165, 1.54) is 0 Å². The van der Waals surface area contributed by atoms with Crippen LogP contribution in [0.15, 0.2) is 30.7 Å². The zero-order chi connectivity index (χ0) is 12.2. The number of anilines is 1. The van der Waals surface area contributed by atoms with Crippen LogP contribution in [0.4, 0.5) is 18.3 Å². The maximum atomic E-state index is 12.3. The zero-order valence-corrected chi connectivity index (χ0v) is 9.31. The molecule has 0 radical (unpaired) electrons. The van der Waals surface area contributed by atoms with Crippen LogP contribution in [0.1, 0.15) is 5.69 Å². The van der Waals surface area contributed by atoms with Crippen molar-refractivity contribution >= 4 is 16.5 Å². The van der Waals surface area contributed by atoms with Crippen LogP contribution < -0.4 is 4.90 Å². The first kappa shape index (κ1) is 12.8. The Bertz CT molecular complexity index is 360. The molecule has 1 aromatic rings. The molecule has 0 spiro atoms. The lowest BCUT2D eigenvalue weighted by atomic mass is 10.4. The second-order valence-electron chi connectivity index (χ2n) is 3.00. The van der Waals surface area contributed by atoms with Crippen molar-refractivity contribution in [2.45, 2.75) is 6.18 Å². The molecule has 6 heteroatoms. The largest absolute Gasteiger partial charge is 0.434 e. The van der Waals surface area contributed by atoms with Gasteiger partial charge in [0.05, 0.1) is 0 Å². The molecule has 0 N–H and O–H groups in total. The molecule has 0 saturated carbocycles. The summed E-state index contributed by atoms with van der Waals surface area (Å²) in [5.74, 6) is 0. The first-order valence-corrected chi connectivity index (χ1v) is 5.36. The number of hydrogen-bond donors (Lipinski definition) is 0. The van der Waals surface area contributed by atoms with Gasteiger partial charge in [-0.3, -0.25) is 0 Å². The fourth-order valence-corrected chi connectivity index (χ4v) is 1.93. The maximum absolute atomic E-state index is 12.3. The third-order valence-electron chi connectivity index (χ3n) is 1.75. The van der Waals surface area contributed by atoms with Gasteiger partial charge < -0.3 is 4.90 Å². The molecule has 0 saturated heterocycles. The molecular weight excluding hydrogens is 237 g/mol. The van der Waals surface area contributed by atoms with E-state index in [0.717, 1.165) is 16.7 Å². The summed E-state index contributed by atoms with van der Waals surface area (Å²) >= 11 is 0.964. The summed E-state index contributed by atoms with van der Waals surface area (Å²) in [6.07, 6.45) is -1.17. The van der Waals surface area contributed by atoms with Crippen LogP contribution in [0.25, 0.3) is 0 Å². The number of hydrogen-bond acceptors (Lipinski definition) is 3. The summed E-state index contributed by atoms with van der Waals surface area (Å²) in [5, 5.41) is 1.33. The van der Waals surface area contributed by atoms with E-state index >= 15 is 0 Å². The lowest BCUT2D eigenvalue weighted by Gasteiger charge is -2.17. The molecule has 0 aliphatic carbocycles. The molecule has 16 heavy (non-hydrogen) atoms. The van der Waals surface area contributed by atoms with E-state index < -0.39 is 11.9 Å². The molecule has 2 nitrogen and oxygen atoms in total. The van der Waals surface area contributed by atoms with Crippen LogP contribution in [-0.2, 0) is 6.18 Å². The first-order chi connectivity index (χ1) is 7.49. The third-order valence-corrected chi connectivity index (χ3v) is 2.65. The molecule has 0 amide bonds. The molecule has 1 rings (SSSR count). The monoisotopic (exact) mass is 248 g/mol. The highest BCUT2D eigenvalue weighted by Crippen LogP contribution is 2.32. The lowest BCUT2D eigenvalue weighted by molar-refractivity contribution is -0.140. The van der Waals surface area contributed by atoms with Crippen molar-refractivity contribution in [1.29, 1.82) is 0 Å². The average Bonchev–Trinajstić information content (AvgIpc) is 2.65. The molecule has 0 unspecified atom stereocenters. The molecular formula is C10H11F3N2S. The van der Waals surface area contributed by atoms with Gasteiger partial charge in [0.2, 0.25) is 0 Å². The summed E-state index contributed by atoms with van der Waals surface area (Å²) in [5.41, 5.74) is -0.856. The summed E-state index contributed by atoms with van der Waals surface area (Å²) in [4.78, 5) is 5.21. The van der Waals surface area contributed by atoms with Crippen molar-refractivity contribution in [3.63, 3.8) is 0 Å². The second-order valence-corrected chi connectivity index (χ2v) is 3.83. The van der Waals surface area contributed by atoms with E-state index in [-0.39, 0.29) is 0 Å². The molecule has 1 aromatic heterocycles. The SMILES string of the molecule is C=CCN(CC=C)c1nc(C(F)(F)F)cs1. The van der Waals surface area contributed by atoms with E-state index in [1.54, 1.807) is 17.1 Å². The number of alkyl halides is 3. The minimum atomic E-state index is -4.39. The molecule has 0 atom stereocenters. The minimum Gasteiger partial charge on any atom is -0.341 e. The maximum Gasteiger partial charge on any atom is 0.434 e. The van der Waals surface area contributed by atoms with Gasteiger partial charge in [0.1, 0.15) is 0 Å². The summed E-state index contributed by atoms with van der Waals surface area (Å²) in [6, 6.07) is 0. The van der Waals surface area contributed by atoms with Gasteiger partial charge in [0, 0.05) is 18.5 Å². The molecule has 88 valence electrons. The topological polar surface area (TPSA) is 16.1 Å². The highest BCUT2D eigenvalue weighted by Gasteiger charge is 2.34. The van der Waals surface area contributed by atoms with Crippen LogP contribution >= 0.6 is 11.3 Å². The number of halogens is 3. The third kappa shape index (κ3) is 3.10. The lowest BCUT2D eigenvalue weighted by Crippen LogP contribution is -2.23. The average molecular weight is 248 g/mol. The molecule has 0 fully saturated rings. The summed E-state index contributed by atoms with van der Waals surface area (Å²) in [7, 11) is 0. The van der Waals surface area contributed by atoms with Crippen molar-refractivity contribution in [3.8, 4) is 0 Å². The van der Waals surface area contributed by atoms with Gasteiger partial charge in [-0.1, -0.05) is 12.2 Å². The van der Waals surface area contributed by atoms with E-state index in [1.807, 2.05) is 0 Å². The van der Waals surface area contributed by atoms with Crippen molar-refractivity contribution in [2.24, 2.45) is 0 Å². The fourth-order valence-electron chi connectivity index (χ4n) is 1.08. The van der Waals surface area contributed by atoms with Gasteiger partial charge in [0.25, 0.3) is 0 Å². The van der Waals surface area contributed by atoms with Gasteiger partial charge in [0.15, 0.2) is 10.8 Å². The number of aromatic nitrogens is 1. The number of rotatable bonds is 5. The number of nitrogens with zero attached hydrogens (tertiary/aromatic N) is 2. The summed E-state index contributed by atoms with van der Waals surface area (Å²) < 4.78 is 37.0. The van der Waals surface area contributed by atoms with Crippen LogP contribution in [-0.4, -0.2) is 18.1 Å². The van der Waals surface area contributed by atoms with Crippen LogP contribution in [0, 0.1) is 0 Å².